The van der Waals surface area contributed by atoms with E-state index in [0.29, 0.717) is 6.42 Å². The fourth-order valence-electron chi connectivity index (χ4n) is 1.89. The van der Waals surface area contributed by atoms with Gasteiger partial charge in [0.15, 0.2) is 0 Å². The Balaban J connectivity index is 2.07. The number of nitrogens with zero attached hydrogens (tertiary/aromatic N) is 1. The fraction of sp³-hybridized carbons (Fsp3) is 0.438. The smallest absolute Gasteiger partial charge is 0.123 e. The van der Waals surface area contributed by atoms with Gasteiger partial charge in [-0.25, -0.2) is 9.37 Å². The topological polar surface area (TPSA) is 24.9 Å². The predicted molar refractivity (Wildman–Crippen MR) is 82.6 cm³/mol. The number of nitrogens with one attached hydrogen (secondary N) is 1. The van der Waals surface area contributed by atoms with Gasteiger partial charge in [0.2, 0.25) is 0 Å². The first kappa shape index (κ1) is 15.1. The normalized spacial score (nSPS) is 11.8. The summed E-state index contributed by atoms with van der Waals surface area (Å²) in [4.78, 5) is 5.85. The minimum Gasteiger partial charge on any atom is -0.307 e. The van der Waals surface area contributed by atoms with E-state index in [1.165, 1.54) is 10.9 Å². The summed E-state index contributed by atoms with van der Waals surface area (Å²) in [6.45, 7) is 9.31. The molecular weight excluding hydrogens is 271 g/mol. The zero-order valence-corrected chi connectivity index (χ0v) is 13.3. The van der Waals surface area contributed by atoms with Crippen LogP contribution in [0.5, 0.6) is 0 Å². The number of rotatable bonds is 4. The van der Waals surface area contributed by atoms with Crippen molar-refractivity contribution in [1.29, 1.82) is 0 Å². The molecule has 0 radical (unpaired) electrons. The van der Waals surface area contributed by atoms with E-state index in [0.717, 1.165) is 22.8 Å². The van der Waals surface area contributed by atoms with E-state index in [2.05, 4.69) is 31.1 Å². The molecule has 1 aromatic carbocycles. The molecule has 0 aliphatic rings. The molecule has 20 heavy (non-hydrogen) atoms. The van der Waals surface area contributed by atoms with E-state index in [1.807, 2.05) is 13.0 Å². The van der Waals surface area contributed by atoms with E-state index in [1.54, 1.807) is 23.5 Å². The third kappa shape index (κ3) is 4.39. The van der Waals surface area contributed by atoms with Crippen molar-refractivity contribution in [2.75, 3.05) is 0 Å². The van der Waals surface area contributed by atoms with Gasteiger partial charge >= 0.3 is 0 Å². The Morgan fingerprint density at radius 1 is 1.30 bits per heavy atom. The van der Waals surface area contributed by atoms with Gasteiger partial charge in [-0.15, -0.1) is 11.3 Å². The van der Waals surface area contributed by atoms with E-state index in [4.69, 9.17) is 0 Å². The second-order valence-corrected chi connectivity index (χ2v) is 7.19. The lowest BCUT2D eigenvalue weighted by Crippen LogP contribution is -2.34. The van der Waals surface area contributed by atoms with Crippen LogP contribution in [0.1, 0.15) is 41.9 Å². The molecule has 0 spiro atoms. The molecule has 0 aliphatic heterocycles. The number of halogens is 1. The van der Waals surface area contributed by atoms with Gasteiger partial charge in [-0.3, -0.25) is 0 Å². The third-order valence-corrected chi connectivity index (χ3v) is 4.12. The first-order valence-corrected chi connectivity index (χ1v) is 7.60. The van der Waals surface area contributed by atoms with Crippen LogP contribution in [0, 0.1) is 12.7 Å². The summed E-state index contributed by atoms with van der Waals surface area (Å²) in [5.74, 6) is -0.189. The van der Waals surface area contributed by atoms with Gasteiger partial charge in [0.25, 0.3) is 0 Å². The summed E-state index contributed by atoms with van der Waals surface area (Å²) < 4.78 is 13.2. The molecule has 2 rings (SSSR count). The highest BCUT2D eigenvalue weighted by Gasteiger charge is 2.13. The molecule has 4 heteroatoms. The maximum atomic E-state index is 13.2. The van der Waals surface area contributed by atoms with Gasteiger partial charge in [0, 0.05) is 23.4 Å². The highest BCUT2D eigenvalue weighted by molar-refractivity contribution is 7.11. The summed E-state index contributed by atoms with van der Waals surface area (Å²) >= 11 is 1.70. The Morgan fingerprint density at radius 2 is 2.05 bits per heavy atom. The molecule has 1 N–H and O–H groups in total. The van der Waals surface area contributed by atoms with Crippen molar-refractivity contribution in [2.45, 2.75) is 46.2 Å². The molecule has 2 aromatic rings. The van der Waals surface area contributed by atoms with Gasteiger partial charge in [0.05, 0.1) is 10.7 Å². The summed E-state index contributed by atoms with van der Waals surface area (Å²) in [5, 5.41) is 4.52. The van der Waals surface area contributed by atoms with Gasteiger partial charge in [0.1, 0.15) is 5.82 Å². The van der Waals surface area contributed by atoms with Crippen molar-refractivity contribution in [3.05, 3.63) is 51.2 Å². The van der Waals surface area contributed by atoms with Crippen molar-refractivity contribution in [3.63, 3.8) is 0 Å². The maximum absolute atomic E-state index is 13.2. The lowest BCUT2D eigenvalue weighted by Gasteiger charge is -2.19. The van der Waals surface area contributed by atoms with Gasteiger partial charge < -0.3 is 5.32 Å². The molecule has 0 aliphatic carbocycles. The van der Waals surface area contributed by atoms with Gasteiger partial charge in [-0.05, 0) is 45.4 Å². The molecule has 108 valence electrons. The molecule has 0 bridgehead atoms. The average molecular weight is 292 g/mol. The average Bonchev–Trinajstić information content (AvgIpc) is 2.66. The fourth-order valence-corrected chi connectivity index (χ4v) is 2.94. The van der Waals surface area contributed by atoms with Crippen LogP contribution < -0.4 is 5.32 Å². The van der Waals surface area contributed by atoms with Crippen LogP contribution in [0.25, 0.3) is 0 Å². The van der Waals surface area contributed by atoms with Crippen molar-refractivity contribution in [1.82, 2.24) is 10.3 Å². The molecule has 0 atom stereocenters. The molecule has 1 aromatic heterocycles. The third-order valence-electron chi connectivity index (χ3n) is 2.96. The lowest BCUT2D eigenvalue weighted by molar-refractivity contribution is 0.425. The lowest BCUT2D eigenvalue weighted by atomic mass is 10.1. The Kier molecular flexibility index (Phi) is 4.55. The summed E-state index contributed by atoms with van der Waals surface area (Å²) in [5.41, 5.74) is 2.13. The second kappa shape index (κ2) is 6.02. The molecule has 1 heterocycles. The minimum atomic E-state index is -0.189. The number of benzene rings is 1. The largest absolute Gasteiger partial charge is 0.307 e. The molecular formula is C16H21FN2S. The van der Waals surface area contributed by atoms with Crippen LogP contribution in [0.3, 0.4) is 0 Å². The first-order chi connectivity index (χ1) is 9.33. The van der Waals surface area contributed by atoms with Crippen LogP contribution in [0.15, 0.2) is 24.3 Å². The van der Waals surface area contributed by atoms with Crippen molar-refractivity contribution < 1.29 is 4.39 Å². The Hall–Kier alpha value is -1.26. The van der Waals surface area contributed by atoms with E-state index >= 15 is 0 Å². The van der Waals surface area contributed by atoms with Crippen molar-refractivity contribution >= 4 is 11.3 Å². The van der Waals surface area contributed by atoms with Crippen LogP contribution in [0.2, 0.25) is 0 Å². The maximum Gasteiger partial charge on any atom is 0.123 e. The van der Waals surface area contributed by atoms with E-state index in [-0.39, 0.29) is 11.4 Å². The molecule has 0 saturated carbocycles. The quantitative estimate of drug-likeness (QED) is 0.919. The molecule has 0 amide bonds. The van der Waals surface area contributed by atoms with E-state index in [9.17, 15) is 4.39 Å². The molecule has 0 saturated heterocycles. The summed E-state index contributed by atoms with van der Waals surface area (Å²) in [6.07, 6.45) is 0.693. The van der Waals surface area contributed by atoms with Gasteiger partial charge in [-0.2, -0.15) is 0 Å². The Bertz CT molecular complexity index is 584. The van der Waals surface area contributed by atoms with Crippen molar-refractivity contribution in [3.8, 4) is 0 Å². The van der Waals surface area contributed by atoms with Crippen LogP contribution in [0.4, 0.5) is 4.39 Å². The van der Waals surface area contributed by atoms with Crippen molar-refractivity contribution in [2.24, 2.45) is 0 Å². The zero-order valence-electron chi connectivity index (χ0n) is 12.5. The molecule has 2 nitrogen and oxygen atoms in total. The van der Waals surface area contributed by atoms with Gasteiger partial charge in [-0.1, -0.05) is 12.1 Å². The number of hydrogen-bond donors (Lipinski definition) is 1. The summed E-state index contributed by atoms with van der Waals surface area (Å²) in [6, 6.07) is 6.72. The number of aromatic nitrogens is 1. The van der Waals surface area contributed by atoms with E-state index < -0.39 is 0 Å². The standard InChI is InChI=1S/C16H21FN2S/c1-11-14(10-18-16(2,3)4)20-15(19-11)9-12-6-5-7-13(17)8-12/h5-8,18H,9-10H2,1-4H3. The number of thiazole rings is 1. The second-order valence-electron chi connectivity index (χ2n) is 6.03. The monoisotopic (exact) mass is 292 g/mol. The Labute approximate surface area is 124 Å². The number of hydrogen-bond acceptors (Lipinski definition) is 3. The highest BCUT2D eigenvalue weighted by Crippen LogP contribution is 2.21. The Morgan fingerprint density at radius 3 is 2.70 bits per heavy atom. The highest BCUT2D eigenvalue weighted by atomic mass is 32.1. The first-order valence-electron chi connectivity index (χ1n) is 6.78. The molecule has 0 fully saturated rings. The van der Waals surface area contributed by atoms with Crippen LogP contribution in [-0.2, 0) is 13.0 Å². The zero-order chi connectivity index (χ0) is 14.8. The molecule has 0 unspecified atom stereocenters. The minimum absolute atomic E-state index is 0.0964. The predicted octanol–water partition coefficient (Wildman–Crippen LogP) is 4.07. The summed E-state index contributed by atoms with van der Waals surface area (Å²) in [7, 11) is 0. The SMILES string of the molecule is Cc1nc(Cc2cccc(F)c2)sc1CNC(C)(C)C. The number of aryl methyl sites for hydroxylation is 1. The van der Waals surface area contributed by atoms with Crippen LogP contribution >= 0.6 is 11.3 Å². The van der Waals surface area contributed by atoms with Crippen LogP contribution in [-0.4, -0.2) is 10.5 Å².